The quantitative estimate of drug-likeness (QED) is 0.0328. The molecule has 2 atom stereocenters. The van der Waals surface area contributed by atoms with Crippen LogP contribution in [-0.4, -0.2) is 47.4 Å². The summed E-state index contributed by atoms with van der Waals surface area (Å²) in [7, 11) is 0. The fraction of sp³-hybridized carbons (Fsp3) is 0.792. The molecule has 0 aromatic carbocycles. The lowest BCUT2D eigenvalue weighted by molar-refractivity contribution is -0.143. The molecule has 0 saturated carbocycles. The van der Waals surface area contributed by atoms with Crippen LogP contribution in [-0.2, 0) is 14.3 Å². The van der Waals surface area contributed by atoms with E-state index in [9.17, 15) is 19.8 Å². The van der Waals surface area contributed by atoms with Crippen molar-refractivity contribution in [3.63, 3.8) is 0 Å². The van der Waals surface area contributed by atoms with Gasteiger partial charge in [-0.3, -0.25) is 9.59 Å². The number of amides is 1. The first kappa shape index (κ1) is 51.8. The van der Waals surface area contributed by atoms with Crippen LogP contribution in [0.3, 0.4) is 0 Å². The summed E-state index contributed by atoms with van der Waals surface area (Å²) in [5.74, 6) is -0.119. The highest BCUT2D eigenvalue weighted by atomic mass is 16.5. The van der Waals surface area contributed by atoms with Crippen molar-refractivity contribution < 1.29 is 24.5 Å². The number of carbonyl (C=O) groups is 2. The van der Waals surface area contributed by atoms with Crippen LogP contribution in [0.5, 0.6) is 0 Å². The number of rotatable bonds is 41. The van der Waals surface area contributed by atoms with Crippen LogP contribution in [0, 0.1) is 0 Å². The molecule has 2 unspecified atom stereocenters. The topological polar surface area (TPSA) is 95.9 Å². The Hall–Kier alpha value is -2.18. The van der Waals surface area contributed by atoms with Crippen molar-refractivity contribution in [2.75, 3.05) is 13.2 Å². The fourth-order valence-electron chi connectivity index (χ4n) is 6.46. The molecule has 6 heteroatoms. The Bertz CT molecular complexity index is 926. The summed E-state index contributed by atoms with van der Waals surface area (Å²) in [6, 6.07) is -0.638. The SMILES string of the molecule is CCCC/C=C\CCCCCCCC(=O)OCCCCC/C=C\C/C=C\CCCCCCCCCC(=O)NC(CO)C(O)/C=C/CCCCCCCCC. The minimum atomic E-state index is -0.853. The second-order valence-electron chi connectivity index (χ2n) is 15.4. The molecule has 0 rings (SSSR count). The van der Waals surface area contributed by atoms with Crippen LogP contribution >= 0.6 is 0 Å². The average Bonchev–Trinajstić information content (AvgIpc) is 3.17. The highest BCUT2D eigenvalue weighted by molar-refractivity contribution is 5.76. The number of hydrogen-bond donors (Lipinski definition) is 3. The lowest BCUT2D eigenvalue weighted by Crippen LogP contribution is -2.45. The van der Waals surface area contributed by atoms with E-state index in [-0.39, 0.29) is 18.5 Å². The first-order valence-corrected chi connectivity index (χ1v) is 22.9. The highest BCUT2D eigenvalue weighted by Crippen LogP contribution is 2.13. The monoisotopic (exact) mass is 758 g/mol. The molecule has 0 spiro atoms. The van der Waals surface area contributed by atoms with E-state index >= 15 is 0 Å². The van der Waals surface area contributed by atoms with Crippen molar-refractivity contribution in [1.29, 1.82) is 0 Å². The molecule has 0 aliphatic carbocycles. The van der Waals surface area contributed by atoms with Crippen molar-refractivity contribution in [2.24, 2.45) is 0 Å². The minimum absolute atomic E-state index is 0.0292. The van der Waals surface area contributed by atoms with Crippen LogP contribution in [0.4, 0.5) is 0 Å². The largest absolute Gasteiger partial charge is 0.466 e. The van der Waals surface area contributed by atoms with E-state index in [1.165, 1.54) is 109 Å². The summed E-state index contributed by atoms with van der Waals surface area (Å²) in [5, 5.41) is 22.8. The molecule has 0 heterocycles. The van der Waals surface area contributed by atoms with E-state index in [0.29, 0.717) is 19.4 Å². The van der Waals surface area contributed by atoms with Gasteiger partial charge in [0.05, 0.1) is 25.4 Å². The maximum Gasteiger partial charge on any atom is 0.305 e. The Morgan fingerprint density at radius 2 is 0.944 bits per heavy atom. The van der Waals surface area contributed by atoms with Gasteiger partial charge in [0, 0.05) is 12.8 Å². The Morgan fingerprint density at radius 3 is 1.48 bits per heavy atom. The number of aliphatic hydroxyl groups is 2. The molecular weight excluding hydrogens is 671 g/mol. The zero-order valence-corrected chi connectivity index (χ0v) is 35.4. The maximum absolute atomic E-state index is 12.3. The zero-order valence-electron chi connectivity index (χ0n) is 35.4. The summed E-state index contributed by atoms with van der Waals surface area (Å²) in [6.07, 6.45) is 52.5. The van der Waals surface area contributed by atoms with Crippen molar-refractivity contribution in [3.8, 4) is 0 Å². The Kier molecular flexibility index (Phi) is 41.8. The molecule has 0 fully saturated rings. The summed E-state index contributed by atoms with van der Waals surface area (Å²) in [5.41, 5.74) is 0. The molecule has 0 aliphatic heterocycles. The van der Waals surface area contributed by atoms with Gasteiger partial charge in [-0.2, -0.15) is 0 Å². The molecule has 3 N–H and O–H groups in total. The van der Waals surface area contributed by atoms with E-state index in [4.69, 9.17) is 4.74 Å². The van der Waals surface area contributed by atoms with Crippen LogP contribution in [0.25, 0.3) is 0 Å². The Labute approximate surface area is 334 Å². The summed E-state index contributed by atoms with van der Waals surface area (Å²) in [4.78, 5) is 24.3. The van der Waals surface area contributed by atoms with Crippen LogP contribution < -0.4 is 5.32 Å². The highest BCUT2D eigenvalue weighted by Gasteiger charge is 2.18. The average molecular weight is 758 g/mol. The predicted molar refractivity (Wildman–Crippen MR) is 232 cm³/mol. The minimum Gasteiger partial charge on any atom is -0.466 e. The lowest BCUT2D eigenvalue weighted by Gasteiger charge is -2.20. The second kappa shape index (κ2) is 43.5. The molecule has 1 amide bonds. The van der Waals surface area contributed by atoms with Crippen LogP contribution in [0.15, 0.2) is 48.6 Å². The van der Waals surface area contributed by atoms with Gasteiger partial charge in [0.1, 0.15) is 0 Å². The molecule has 0 aliphatic rings. The van der Waals surface area contributed by atoms with E-state index in [1.807, 2.05) is 6.08 Å². The zero-order chi connectivity index (χ0) is 39.4. The van der Waals surface area contributed by atoms with Gasteiger partial charge in [0.25, 0.3) is 0 Å². The summed E-state index contributed by atoms with van der Waals surface area (Å²) >= 11 is 0. The molecule has 6 nitrogen and oxygen atoms in total. The first-order valence-electron chi connectivity index (χ1n) is 22.9. The standard InChI is InChI=1S/C48H87NO5/c1-3-5-7-9-11-13-21-26-30-34-38-42-48(53)54-43-39-35-31-27-23-20-18-16-14-15-17-19-22-25-29-33-37-41-47(52)49-45(44-50)46(51)40-36-32-28-24-12-10-8-6-4-2/h9,11,14,16,20,23,36,40,45-46,50-51H,3-8,10,12-13,15,17-19,21-22,24-35,37-39,41-44H2,1-2H3,(H,49,52)/b11-9-,16-14-,23-20-,40-36+. The van der Waals surface area contributed by atoms with Gasteiger partial charge in [-0.05, 0) is 89.9 Å². The van der Waals surface area contributed by atoms with Gasteiger partial charge < -0.3 is 20.3 Å². The third kappa shape index (κ3) is 39.5. The maximum atomic E-state index is 12.3. The van der Waals surface area contributed by atoms with E-state index < -0.39 is 12.1 Å². The number of esters is 1. The van der Waals surface area contributed by atoms with Gasteiger partial charge in [0.15, 0.2) is 0 Å². The predicted octanol–water partition coefficient (Wildman–Crippen LogP) is 13.1. The van der Waals surface area contributed by atoms with Crippen LogP contribution in [0.1, 0.15) is 219 Å². The summed E-state index contributed by atoms with van der Waals surface area (Å²) in [6.45, 7) is 4.76. The van der Waals surface area contributed by atoms with E-state index in [1.54, 1.807) is 6.08 Å². The number of nitrogens with one attached hydrogen (secondary N) is 1. The smallest absolute Gasteiger partial charge is 0.305 e. The third-order valence-electron chi connectivity index (χ3n) is 10.1. The molecular formula is C48H87NO5. The molecule has 0 radical (unpaired) electrons. The van der Waals surface area contributed by atoms with Crippen molar-refractivity contribution >= 4 is 11.9 Å². The molecule has 314 valence electrons. The molecule has 0 aromatic rings. The molecule has 0 saturated heterocycles. The van der Waals surface area contributed by atoms with Gasteiger partial charge in [-0.1, -0.05) is 165 Å². The molecule has 0 aromatic heterocycles. The van der Waals surface area contributed by atoms with Crippen molar-refractivity contribution in [3.05, 3.63) is 48.6 Å². The Balaban J connectivity index is 3.54. The first-order chi connectivity index (χ1) is 26.5. The van der Waals surface area contributed by atoms with Gasteiger partial charge in [0.2, 0.25) is 5.91 Å². The van der Waals surface area contributed by atoms with Crippen molar-refractivity contribution in [2.45, 2.75) is 231 Å². The number of hydrogen-bond acceptors (Lipinski definition) is 5. The number of allylic oxidation sites excluding steroid dienone is 7. The number of unbranched alkanes of at least 4 members (excludes halogenated alkanes) is 24. The normalized spacial score (nSPS) is 13.2. The van der Waals surface area contributed by atoms with E-state index in [0.717, 1.165) is 83.5 Å². The summed E-state index contributed by atoms with van der Waals surface area (Å²) < 4.78 is 5.41. The Morgan fingerprint density at radius 1 is 0.519 bits per heavy atom. The van der Waals surface area contributed by atoms with E-state index in [2.05, 4.69) is 55.6 Å². The van der Waals surface area contributed by atoms with Crippen molar-refractivity contribution in [1.82, 2.24) is 5.32 Å². The van der Waals surface area contributed by atoms with Crippen LogP contribution in [0.2, 0.25) is 0 Å². The molecule has 0 bridgehead atoms. The molecule has 54 heavy (non-hydrogen) atoms. The van der Waals surface area contributed by atoms with Gasteiger partial charge >= 0.3 is 5.97 Å². The second-order valence-corrected chi connectivity index (χ2v) is 15.4. The number of carbonyl (C=O) groups excluding carboxylic acids is 2. The van der Waals surface area contributed by atoms with Gasteiger partial charge in [-0.25, -0.2) is 0 Å². The number of aliphatic hydroxyl groups excluding tert-OH is 2. The number of ether oxygens (including phenoxy) is 1. The van der Waals surface area contributed by atoms with Gasteiger partial charge in [-0.15, -0.1) is 0 Å². The lowest BCUT2D eigenvalue weighted by atomic mass is 10.1. The fourth-order valence-corrected chi connectivity index (χ4v) is 6.46. The third-order valence-corrected chi connectivity index (χ3v) is 10.1.